The van der Waals surface area contributed by atoms with Crippen molar-refractivity contribution in [1.82, 2.24) is 0 Å². The average molecular weight is 387 g/mol. The summed E-state index contributed by atoms with van der Waals surface area (Å²) in [6.07, 6.45) is -6.55. The van der Waals surface area contributed by atoms with Gasteiger partial charge in [0.25, 0.3) is 0 Å². The molecule has 0 bridgehead atoms. The number of aliphatic hydroxyl groups is 2. The van der Waals surface area contributed by atoms with Crippen molar-refractivity contribution in [3.05, 3.63) is 0 Å². The minimum atomic E-state index is -4.86. The van der Waals surface area contributed by atoms with Crippen LogP contribution in [0.2, 0.25) is 0 Å². The van der Waals surface area contributed by atoms with E-state index >= 15 is 0 Å². The molecule has 0 aromatic carbocycles. The van der Waals surface area contributed by atoms with Crippen LogP contribution in [0.1, 0.15) is 0 Å². The molecule has 138 valence electrons. The van der Waals surface area contributed by atoms with Crippen molar-refractivity contribution in [2.24, 2.45) is 0 Å². The van der Waals surface area contributed by atoms with Crippen LogP contribution < -0.4 is 0 Å². The number of phosphoric ester groups is 1. The summed E-state index contributed by atoms with van der Waals surface area (Å²) < 4.78 is 34.9. The number of ether oxygens (including phenoxy) is 1. The predicted molar refractivity (Wildman–Crippen MR) is 66.7 cm³/mol. The minimum absolute atomic E-state index is 0.485. The zero-order valence-corrected chi connectivity index (χ0v) is 13.4. The Kier molecular flexibility index (Phi) is 5.47. The van der Waals surface area contributed by atoms with Crippen LogP contribution in [0, 0.1) is 0 Å². The van der Waals surface area contributed by atoms with Crippen molar-refractivity contribution >= 4 is 15.6 Å². The van der Waals surface area contributed by atoms with E-state index in [1.54, 1.807) is 0 Å². The van der Waals surface area contributed by atoms with Crippen molar-refractivity contribution in [2.45, 2.75) is 24.4 Å². The summed E-state index contributed by atoms with van der Waals surface area (Å²) in [4.78, 5) is 30.6. The standard InChI is InChI=1S/C7H16O14P2/c1-15-5(3-17-23(14)19-21(23)20-23)6(9)7(18-10)4(8)2-16-22(11,12)13/h4-9,14H,2-3H2,1H3,(H2-,10,11,12,13)/p+1/t4-,5-,6-,7-/m1/s1. The first-order valence-electron chi connectivity index (χ1n) is 6.00. The van der Waals surface area contributed by atoms with E-state index in [1.165, 1.54) is 4.46 Å². The van der Waals surface area contributed by atoms with Crippen LogP contribution >= 0.6 is 15.6 Å². The summed E-state index contributed by atoms with van der Waals surface area (Å²) in [6, 6.07) is 0. The van der Waals surface area contributed by atoms with Gasteiger partial charge in [0.15, 0.2) is 0 Å². The Labute approximate surface area is 128 Å². The normalized spacial score (nSPS) is 28.7. The molecule has 6 N–H and O–H groups in total. The fourth-order valence-corrected chi connectivity index (χ4v) is 3.43. The van der Waals surface area contributed by atoms with E-state index in [-0.39, 0.29) is 0 Å². The molecule has 2 heterocycles. The number of rotatable bonds is 11. The summed E-state index contributed by atoms with van der Waals surface area (Å²) in [6.45, 7) is -1.43. The third-order valence-electron chi connectivity index (χ3n) is 2.98. The van der Waals surface area contributed by atoms with Gasteiger partial charge in [-0.15, -0.1) is 0 Å². The Morgan fingerprint density at radius 3 is 2.22 bits per heavy atom. The molecule has 0 spiro atoms. The van der Waals surface area contributed by atoms with Crippen molar-refractivity contribution in [3.63, 3.8) is 0 Å². The molecule has 16 heteroatoms. The van der Waals surface area contributed by atoms with Crippen molar-refractivity contribution < 1.29 is 67.2 Å². The van der Waals surface area contributed by atoms with E-state index < -0.39 is 53.2 Å². The van der Waals surface area contributed by atoms with Crippen LogP contribution in [-0.2, 0) is 37.0 Å². The molecule has 0 aromatic rings. The number of hydrogen-bond acceptors (Lipinski definition) is 11. The van der Waals surface area contributed by atoms with E-state index in [4.69, 9.17) is 24.3 Å². The van der Waals surface area contributed by atoms with Gasteiger partial charge in [-0.25, -0.2) is 0 Å². The second-order valence-corrected chi connectivity index (χ2v) is 8.27. The molecule has 0 aromatic heterocycles. The molecule has 0 aliphatic carbocycles. The Morgan fingerprint density at radius 2 is 1.83 bits per heavy atom. The maximum absolute atomic E-state index is 10.6. The first-order valence-corrected chi connectivity index (χ1v) is 9.39. The third-order valence-corrected chi connectivity index (χ3v) is 5.22. The van der Waals surface area contributed by atoms with Gasteiger partial charge in [0.2, 0.25) is 0 Å². The number of hydrogen-bond donors (Lipinski definition) is 6. The van der Waals surface area contributed by atoms with Gasteiger partial charge in [-0.05, 0) is 0 Å². The van der Waals surface area contributed by atoms with Gasteiger partial charge in [0.05, 0.1) is 0 Å². The van der Waals surface area contributed by atoms with Crippen LogP contribution in [0.5, 0.6) is 0 Å². The SMILES string of the molecule is CO[C@H](COP12(O)O[O+]1O2)[C@@H](O)[C@H](OO)[C@H](O)COP(=O)(O)O. The summed E-state index contributed by atoms with van der Waals surface area (Å²) in [5.74, 6) is 0. The summed E-state index contributed by atoms with van der Waals surface area (Å²) in [5, 5.41) is 28.5. The summed E-state index contributed by atoms with van der Waals surface area (Å²) >= 11 is 0. The van der Waals surface area contributed by atoms with E-state index in [9.17, 15) is 19.7 Å². The fraction of sp³-hybridized carbons (Fsp3) is 1.00. The van der Waals surface area contributed by atoms with E-state index in [1.807, 2.05) is 0 Å². The monoisotopic (exact) mass is 387 g/mol. The Balaban J connectivity index is 1.87. The molecule has 4 atom stereocenters. The van der Waals surface area contributed by atoms with Crippen LogP contribution in [0.25, 0.3) is 0 Å². The van der Waals surface area contributed by atoms with Gasteiger partial charge in [0.1, 0.15) is 0 Å². The van der Waals surface area contributed by atoms with Crippen LogP contribution in [0.3, 0.4) is 0 Å². The number of phosphoric acid groups is 1. The molecule has 0 amide bonds. The molecule has 0 saturated carbocycles. The van der Waals surface area contributed by atoms with Gasteiger partial charge >= 0.3 is 127 Å². The molecule has 2 aliphatic rings. The van der Waals surface area contributed by atoms with Crippen molar-refractivity contribution in [2.75, 3.05) is 20.3 Å². The maximum atomic E-state index is 10.6. The van der Waals surface area contributed by atoms with Gasteiger partial charge in [-0.2, -0.15) is 0 Å². The molecule has 2 saturated heterocycles. The van der Waals surface area contributed by atoms with Gasteiger partial charge in [-0.1, -0.05) is 0 Å². The second-order valence-electron chi connectivity index (χ2n) is 4.62. The average Bonchev–Trinajstić information content (AvgIpc) is 3.23. The quantitative estimate of drug-likeness (QED) is 0.0768. The van der Waals surface area contributed by atoms with E-state index in [0.29, 0.717) is 0 Å². The number of fused-ring (bicyclic) bond motifs is 1. The van der Waals surface area contributed by atoms with Crippen molar-refractivity contribution in [3.8, 4) is 0 Å². The Morgan fingerprint density at radius 1 is 1.26 bits per heavy atom. The molecule has 2 fully saturated rings. The molecular weight excluding hydrogens is 370 g/mol. The van der Waals surface area contributed by atoms with E-state index in [0.717, 1.165) is 7.11 Å². The summed E-state index contributed by atoms with van der Waals surface area (Å²) in [7, 11) is -7.89. The number of aliphatic hydroxyl groups excluding tert-OH is 2. The molecule has 0 radical (unpaired) electrons. The van der Waals surface area contributed by atoms with Gasteiger partial charge in [-0.3, -0.25) is 0 Å². The summed E-state index contributed by atoms with van der Waals surface area (Å²) in [5.41, 5.74) is 0. The number of methoxy groups -OCH3 is 1. The second kappa shape index (κ2) is 6.46. The van der Waals surface area contributed by atoms with Crippen LogP contribution in [0.15, 0.2) is 0 Å². The van der Waals surface area contributed by atoms with Gasteiger partial charge in [0, 0.05) is 0 Å². The Bertz CT molecular complexity index is 474. The van der Waals surface area contributed by atoms with Crippen LogP contribution in [-0.4, -0.2) is 74.9 Å². The molecular formula is C7H17O14P2+. The van der Waals surface area contributed by atoms with Crippen LogP contribution in [0.4, 0.5) is 0 Å². The Hall–Kier alpha value is 0.140. The van der Waals surface area contributed by atoms with E-state index in [2.05, 4.69) is 18.8 Å². The fourth-order valence-electron chi connectivity index (χ4n) is 1.62. The zero-order valence-electron chi connectivity index (χ0n) is 11.6. The first kappa shape index (κ1) is 19.5. The topological polar surface area (TPSA) is 203 Å². The van der Waals surface area contributed by atoms with Gasteiger partial charge < -0.3 is 0 Å². The molecule has 2 rings (SSSR count). The zero-order chi connectivity index (χ0) is 17.5. The molecule has 14 nitrogen and oxygen atoms in total. The molecule has 23 heavy (non-hydrogen) atoms. The molecule has 2 aliphatic heterocycles. The first-order chi connectivity index (χ1) is 10.5. The predicted octanol–water partition coefficient (Wildman–Crippen LogP) is -1.73. The van der Waals surface area contributed by atoms with Crippen molar-refractivity contribution in [1.29, 1.82) is 0 Å². The third kappa shape index (κ3) is 4.41. The molecule has 0 unspecified atom stereocenters.